The van der Waals surface area contributed by atoms with Crippen molar-refractivity contribution in [3.05, 3.63) is 35.4 Å². The van der Waals surface area contributed by atoms with Gasteiger partial charge in [0, 0.05) is 19.1 Å². The lowest BCUT2D eigenvalue weighted by Gasteiger charge is -2.23. The van der Waals surface area contributed by atoms with Gasteiger partial charge >= 0.3 is 0 Å². The Morgan fingerprint density at radius 1 is 1.11 bits per heavy atom. The van der Waals surface area contributed by atoms with Gasteiger partial charge in [0.05, 0.1) is 6.54 Å². The maximum atomic E-state index is 6.10. The number of rotatable bonds is 7. The molecule has 1 aromatic carbocycles. The maximum absolute atomic E-state index is 6.10. The first-order chi connectivity index (χ1) is 13.2. The second-order valence-electron chi connectivity index (χ2n) is 8.02. The summed E-state index contributed by atoms with van der Waals surface area (Å²) < 4.78 is 0. The van der Waals surface area contributed by atoms with Crippen LogP contribution in [-0.4, -0.2) is 54.5 Å². The van der Waals surface area contributed by atoms with Gasteiger partial charge in [0.1, 0.15) is 0 Å². The molecule has 0 saturated carbocycles. The van der Waals surface area contributed by atoms with Gasteiger partial charge in [0.15, 0.2) is 5.96 Å². The van der Waals surface area contributed by atoms with Crippen LogP contribution in [0.5, 0.6) is 0 Å². The van der Waals surface area contributed by atoms with Gasteiger partial charge in [-0.25, -0.2) is 4.99 Å². The van der Waals surface area contributed by atoms with Crippen molar-refractivity contribution < 1.29 is 0 Å². The van der Waals surface area contributed by atoms with Gasteiger partial charge in [-0.1, -0.05) is 44.0 Å². The van der Waals surface area contributed by atoms with Crippen molar-refractivity contribution in [1.82, 2.24) is 15.1 Å². The van der Waals surface area contributed by atoms with Crippen LogP contribution < -0.4 is 11.1 Å². The Balaban J connectivity index is 0.00000280. The molecule has 28 heavy (non-hydrogen) atoms. The number of likely N-dealkylation sites (N-methyl/N-ethyl adjacent to an activating group) is 1. The van der Waals surface area contributed by atoms with Gasteiger partial charge < -0.3 is 11.1 Å². The molecule has 6 heteroatoms. The van der Waals surface area contributed by atoms with Gasteiger partial charge in [-0.05, 0) is 63.0 Å². The van der Waals surface area contributed by atoms with E-state index in [4.69, 9.17) is 5.73 Å². The van der Waals surface area contributed by atoms with E-state index in [0.29, 0.717) is 18.5 Å². The van der Waals surface area contributed by atoms with Crippen LogP contribution in [0, 0.1) is 0 Å². The highest BCUT2D eigenvalue weighted by Crippen LogP contribution is 2.16. The molecule has 3 N–H and O–H groups in total. The van der Waals surface area contributed by atoms with Crippen LogP contribution in [0.25, 0.3) is 0 Å². The van der Waals surface area contributed by atoms with Crippen LogP contribution >= 0.6 is 24.0 Å². The van der Waals surface area contributed by atoms with Crippen LogP contribution in [0.1, 0.15) is 56.6 Å². The Morgan fingerprint density at radius 3 is 2.61 bits per heavy atom. The van der Waals surface area contributed by atoms with Crippen molar-refractivity contribution in [1.29, 1.82) is 0 Å². The maximum Gasteiger partial charge on any atom is 0.188 e. The lowest BCUT2D eigenvalue weighted by molar-refractivity contribution is 0.267. The van der Waals surface area contributed by atoms with E-state index in [2.05, 4.69) is 51.3 Å². The normalized spacial score (nSPS) is 21.9. The predicted octanol–water partition coefficient (Wildman–Crippen LogP) is 3.57. The molecule has 3 rings (SSSR count). The highest BCUT2D eigenvalue weighted by atomic mass is 127. The molecule has 0 aromatic heterocycles. The van der Waals surface area contributed by atoms with Gasteiger partial charge in [-0.2, -0.15) is 0 Å². The molecule has 5 nitrogen and oxygen atoms in total. The lowest BCUT2D eigenvalue weighted by Crippen LogP contribution is -2.42. The molecule has 158 valence electrons. The molecular weight excluding hydrogens is 461 g/mol. The first-order valence-corrected chi connectivity index (χ1v) is 10.8. The number of halogens is 1. The van der Waals surface area contributed by atoms with Gasteiger partial charge in [-0.3, -0.25) is 9.80 Å². The van der Waals surface area contributed by atoms with Crippen molar-refractivity contribution in [2.45, 2.75) is 64.6 Å². The number of benzene rings is 1. The Bertz CT molecular complexity index is 598. The van der Waals surface area contributed by atoms with E-state index < -0.39 is 0 Å². The van der Waals surface area contributed by atoms with Crippen molar-refractivity contribution in [2.75, 3.05) is 32.7 Å². The molecular formula is C22H38IN5. The van der Waals surface area contributed by atoms with E-state index in [1.807, 2.05) is 0 Å². The Hall–Kier alpha value is -0.860. The molecule has 2 heterocycles. The first-order valence-electron chi connectivity index (χ1n) is 10.8. The highest BCUT2D eigenvalue weighted by molar-refractivity contribution is 14.0. The molecule has 1 atom stereocenters. The van der Waals surface area contributed by atoms with Crippen LogP contribution in [0.2, 0.25) is 0 Å². The molecule has 0 amide bonds. The fourth-order valence-corrected chi connectivity index (χ4v) is 4.38. The molecule has 2 aliphatic rings. The second kappa shape index (κ2) is 12.6. The van der Waals surface area contributed by atoms with Gasteiger partial charge in [0.2, 0.25) is 0 Å². The lowest BCUT2D eigenvalue weighted by atomic mass is 10.1. The van der Waals surface area contributed by atoms with Crippen LogP contribution in [0.4, 0.5) is 0 Å². The summed E-state index contributed by atoms with van der Waals surface area (Å²) in [5, 5.41) is 3.32. The summed E-state index contributed by atoms with van der Waals surface area (Å²) in [5.74, 6) is 0.566. The van der Waals surface area contributed by atoms with Gasteiger partial charge in [0.25, 0.3) is 0 Å². The third-order valence-corrected chi connectivity index (χ3v) is 5.95. The molecule has 0 spiro atoms. The zero-order chi connectivity index (χ0) is 18.9. The zero-order valence-electron chi connectivity index (χ0n) is 17.4. The molecule has 0 aliphatic carbocycles. The van der Waals surface area contributed by atoms with E-state index in [9.17, 15) is 0 Å². The highest BCUT2D eigenvalue weighted by Gasteiger charge is 2.22. The third kappa shape index (κ3) is 7.52. The minimum absolute atomic E-state index is 0. The molecule has 2 fully saturated rings. The smallest absolute Gasteiger partial charge is 0.188 e. The summed E-state index contributed by atoms with van der Waals surface area (Å²) in [6, 6.07) is 9.43. The summed E-state index contributed by atoms with van der Waals surface area (Å²) in [6.07, 6.45) is 7.99. The summed E-state index contributed by atoms with van der Waals surface area (Å²) in [7, 11) is 0. The van der Waals surface area contributed by atoms with Crippen molar-refractivity contribution in [3.8, 4) is 0 Å². The van der Waals surface area contributed by atoms with Crippen LogP contribution in [0.3, 0.4) is 0 Å². The largest absolute Gasteiger partial charge is 0.370 e. The fourth-order valence-electron chi connectivity index (χ4n) is 4.38. The monoisotopic (exact) mass is 499 g/mol. The molecule has 2 saturated heterocycles. The number of guanidine groups is 1. The van der Waals surface area contributed by atoms with Crippen LogP contribution in [0.15, 0.2) is 29.3 Å². The molecule has 0 radical (unpaired) electrons. The van der Waals surface area contributed by atoms with E-state index >= 15 is 0 Å². The van der Waals surface area contributed by atoms with Crippen molar-refractivity contribution in [2.24, 2.45) is 10.7 Å². The topological polar surface area (TPSA) is 56.9 Å². The first kappa shape index (κ1) is 23.4. The standard InChI is InChI=1S/C22H37N5.HI/c1-2-27-14-8-11-21(27)17-25-22(23)24-16-19-9-7-10-20(15-19)18-26-12-5-3-4-6-13-26;/h7,9-10,15,21H,2-6,8,11-14,16-18H2,1H3,(H3,23,24,25);1H. The number of nitrogens with zero attached hydrogens (tertiary/aromatic N) is 3. The van der Waals surface area contributed by atoms with E-state index in [1.54, 1.807) is 0 Å². The van der Waals surface area contributed by atoms with E-state index in [1.165, 1.54) is 69.3 Å². The molecule has 2 aliphatic heterocycles. The minimum atomic E-state index is 0. The average Bonchev–Trinajstić information content (AvgIpc) is 3.00. The van der Waals surface area contributed by atoms with Crippen molar-refractivity contribution in [3.63, 3.8) is 0 Å². The number of hydrogen-bond acceptors (Lipinski definition) is 3. The SMILES string of the molecule is CCN1CCCC1CNC(N)=NCc1cccc(CN2CCCCCC2)c1.I. The summed E-state index contributed by atoms with van der Waals surface area (Å²) in [4.78, 5) is 9.67. The second-order valence-corrected chi connectivity index (χ2v) is 8.02. The van der Waals surface area contributed by atoms with E-state index in [0.717, 1.165) is 19.6 Å². The fraction of sp³-hybridized carbons (Fsp3) is 0.682. The quantitative estimate of drug-likeness (QED) is 0.342. The molecule has 1 unspecified atom stereocenters. The number of aliphatic imine (C=N–C) groups is 1. The number of hydrogen-bond donors (Lipinski definition) is 2. The number of nitrogens with one attached hydrogen (secondary N) is 1. The Kier molecular flexibility index (Phi) is 10.6. The number of nitrogens with two attached hydrogens (primary N) is 1. The summed E-state index contributed by atoms with van der Waals surface area (Å²) in [5.41, 5.74) is 8.73. The molecule has 0 bridgehead atoms. The van der Waals surface area contributed by atoms with Crippen molar-refractivity contribution >= 4 is 29.9 Å². The Morgan fingerprint density at radius 2 is 1.86 bits per heavy atom. The number of likely N-dealkylation sites (tertiary alicyclic amines) is 2. The predicted molar refractivity (Wildman–Crippen MR) is 129 cm³/mol. The summed E-state index contributed by atoms with van der Waals surface area (Å²) >= 11 is 0. The third-order valence-electron chi connectivity index (χ3n) is 5.95. The van der Waals surface area contributed by atoms with Crippen LogP contribution in [-0.2, 0) is 13.1 Å². The zero-order valence-corrected chi connectivity index (χ0v) is 19.7. The summed E-state index contributed by atoms with van der Waals surface area (Å²) in [6.45, 7) is 9.63. The Labute approximate surface area is 188 Å². The molecule has 1 aromatic rings. The van der Waals surface area contributed by atoms with Gasteiger partial charge in [-0.15, -0.1) is 24.0 Å². The minimum Gasteiger partial charge on any atom is -0.370 e. The van der Waals surface area contributed by atoms with E-state index in [-0.39, 0.29) is 24.0 Å². The average molecular weight is 499 g/mol.